The number of anilines is 1. The first-order chi connectivity index (χ1) is 13.5. The molecule has 0 saturated carbocycles. The van der Waals surface area contributed by atoms with Crippen molar-refractivity contribution < 1.29 is 31.9 Å². The molecule has 0 radical (unpaired) electrons. The maximum Gasteiger partial charge on any atom is 0.440 e. The monoisotopic (exact) mass is 409 g/mol. The van der Waals surface area contributed by atoms with Crippen LogP contribution in [0.25, 0.3) is 0 Å². The third kappa shape index (κ3) is 3.41. The van der Waals surface area contributed by atoms with Crippen LogP contribution >= 0.6 is 0 Å². The molecule has 1 aliphatic heterocycles. The summed E-state index contributed by atoms with van der Waals surface area (Å²) in [6.45, 7) is 3.43. The Morgan fingerprint density at radius 1 is 1.03 bits per heavy atom. The van der Waals surface area contributed by atoms with Crippen molar-refractivity contribution in [3.63, 3.8) is 0 Å². The summed E-state index contributed by atoms with van der Waals surface area (Å²) < 4.78 is 54.6. The quantitative estimate of drug-likeness (QED) is 0.604. The second-order valence-electron chi connectivity index (χ2n) is 6.55. The third-order valence-electron chi connectivity index (χ3n) is 4.60. The molecule has 0 bridgehead atoms. The molecule has 1 atom stereocenters. The minimum atomic E-state index is -5.34. The van der Waals surface area contributed by atoms with E-state index in [0.29, 0.717) is 10.5 Å². The zero-order valence-corrected chi connectivity index (χ0v) is 15.2. The second kappa shape index (κ2) is 6.87. The van der Waals surface area contributed by atoms with Crippen LogP contribution in [0.3, 0.4) is 0 Å². The molecule has 1 aliphatic rings. The maximum atomic E-state index is 13.9. The lowest BCUT2D eigenvalue weighted by Gasteiger charge is -2.29. The van der Waals surface area contributed by atoms with E-state index in [9.17, 15) is 31.9 Å². The maximum absolute atomic E-state index is 13.9. The molecule has 3 rings (SSSR count). The number of hydrogen-bond acceptors (Lipinski definition) is 3. The molecule has 6 nitrogen and oxygen atoms in total. The van der Waals surface area contributed by atoms with Crippen molar-refractivity contribution in [3.05, 3.63) is 65.0 Å². The van der Waals surface area contributed by atoms with Crippen LogP contribution in [0.4, 0.5) is 28.0 Å². The average Bonchev–Trinajstić information content (AvgIpc) is 2.89. The number of alkyl halides is 3. The molecule has 1 fully saturated rings. The minimum absolute atomic E-state index is 0.0715. The van der Waals surface area contributed by atoms with Gasteiger partial charge in [0.1, 0.15) is 5.82 Å². The Labute approximate surface area is 162 Å². The largest absolute Gasteiger partial charge is 0.440 e. The molecule has 2 aromatic rings. The molecule has 2 aromatic carbocycles. The van der Waals surface area contributed by atoms with Crippen molar-refractivity contribution in [1.82, 2.24) is 10.6 Å². The van der Waals surface area contributed by atoms with Crippen molar-refractivity contribution in [2.75, 3.05) is 4.90 Å². The van der Waals surface area contributed by atoms with Crippen LogP contribution < -0.4 is 15.5 Å². The van der Waals surface area contributed by atoms with Crippen LogP contribution in [0.15, 0.2) is 42.5 Å². The van der Waals surface area contributed by atoms with Crippen LogP contribution in [0.5, 0.6) is 0 Å². The summed E-state index contributed by atoms with van der Waals surface area (Å²) in [6, 6.07) is 6.60. The van der Waals surface area contributed by atoms with Crippen LogP contribution in [0, 0.1) is 19.7 Å². The van der Waals surface area contributed by atoms with Crippen molar-refractivity contribution in [1.29, 1.82) is 0 Å². The number of urea groups is 1. The van der Waals surface area contributed by atoms with E-state index in [2.05, 4.69) is 0 Å². The van der Waals surface area contributed by atoms with Gasteiger partial charge in [-0.3, -0.25) is 14.9 Å². The Morgan fingerprint density at radius 2 is 1.66 bits per heavy atom. The minimum Gasteiger partial charge on any atom is -0.314 e. The summed E-state index contributed by atoms with van der Waals surface area (Å²) in [5.41, 5.74) is -2.58. The van der Waals surface area contributed by atoms with Gasteiger partial charge in [-0.2, -0.15) is 13.2 Å². The van der Waals surface area contributed by atoms with Gasteiger partial charge >= 0.3 is 12.2 Å². The van der Waals surface area contributed by atoms with E-state index in [0.717, 1.165) is 29.8 Å². The molecule has 0 aliphatic carbocycles. The molecule has 29 heavy (non-hydrogen) atoms. The number of aryl methyl sites for hydroxylation is 2. The lowest BCUT2D eigenvalue weighted by Crippen LogP contribution is -2.69. The number of nitrogens with zero attached hydrogens (tertiary/aromatic N) is 1. The molecule has 1 saturated heterocycles. The predicted molar refractivity (Wildman–Crippen MR) is 94.6 cm³/mol. The molecule has 4 amide bonds. The SMILES string of the molecule is Cc1ccc(N2C(=O)N[C@@](NC(=O)c3ccc(F)cc3)(C(F)(F)F)C2=O)cc1C. The van der Waals surface area contributed by atoms with Gasteiger partial charge in [0.25, 0.3) is 17.5 Å². The number of amides is 4. The lowest BCUT2D eigenvalue weighted by molar-refractivity contribution is -0.197. The van der Waals surface area contributed by atoms with E-state index < -0.39 is 35.5 Å². The number of carbonyl (C=O) groups excluding carboxylic acids is 3. The summed E-state index contributed by atoms with van der Waals surface area (Å²) >= 11 is 0. The number of hydrogen-bond donors (Lipinski definition) is 2. The Kier molecular flexibility index (Phi) is 4.81. The fourth-order valence-corrected chi connectivity index (χ4v) is 2.82. The molecule has 10 heteroatoms. The topological polar surface area (TPSA) is 78.5 Å². The van der Waals surface area contributed by atoms with Gasteiger partial charge in [0.15, 0.2) is 0 Å². The fraction of sp³-hybridized carbons (Fsp3) is 0.211. The van der Waals surface area contributed by atoms with E-state index in [-0.39, 0.29) is 11.3 Å². The fourth-order valence-electron chi connectivity index (χ4n) is 2.82. The van der Waals surface area contributed by atoms with Crippen LogP contribution in [-0.4, -0.2) is 29.7 Å². The summed E-state index contributed by atoms with van der Waals surface area (Å²) in [5.74, 6) is -3.70. The molecule has 0 unspecified atom stereocenters. The molecule has 0 aromatic heterocycles. The molecular weight excluding hydrogens is 394 g/mol. The highest BCUT2D eigenvalue weighted by molar-refractivity contribution is 6.24. The van der Waals surface area contributed by atoms with Gasteiger partial charge in [-0.15, -0.1) is 0 Å². The molecule has 1 heterocycles. The van der Waals surface area contributed by atoms with Gasteiger partial charge in [0.2, 0.25) is 0 Å². The van der Waals surface area contributed by atoms with Gasteiger partial charge in [0, 0.05) is 5.56 Å². The smallest absolute Gasteiger partial charge is 0.314 e. The summed E-state index contributed by atoms with van der Waals surface area (Å²) in [6.07, 6.45) is -5.34. The van der Waals surface area contributed by atoms with Gasteiger partial charge < -0.3 is 5.32 Å². The summed E-state index contributed by atoms with van der Waals surface area (Å²) in [4.78, 5) is 37.7. The van der Waals surface area contributed by atoms with E-state index >= 15 is 0 Å². The van der Waals surface area contributed by atoms with Crippen LogP contribution in [0.2, 0.25) is 0 Å². The Morgan fingerprint density at radius 3 is 2.21 bits per heavy atom. The summed E-state index contributed by atoms with van der Waals surface area (Å²) in [7, 11) is 0. The number of benzene rings is 2. The highest BCUT2D eigenvalue weighted by Crippen LogP contribution is 2.36. The first kappa shape index (κ1) is 20.3. The molecule has 2 N–H and O–H groups in total. The first-order valence-corrected chi connectivity index (χ1v) is 8.35. The Balaban J connectivity index is 2.01. The lowest BCUT2D eigenvalue weighted by atomic mass is 10.1. The van der Waals surface area contributed by atoms with Gasteiger partial charge in [0.05, 0.1) is 5.69 Å². The zero-order valence-electron chi connectivity index (χ0n) is 15.2. The van der Waals surface area contributed by atoms with E-state index in [1.807, 2.05) is 0 Å². The van der Waals surface area contributed by atoms with Crippen molar-refractivity contribution >= 4 is 23.5 Å². The molecule has 152 valence electrons. The summed E-state index contributed by atoms with van der Waals surface area (Å²) in [5, 5.41) is 3.12. The first-order valence-electron chi connectivity index (χ1n) is 8.35. The number of halogens is 4. The van der Waals surface area contributed by atoms with Gasteiger partial charge in [-0.1, -0.05) is 6.07 Å². The Hall–Kier alpha value is -3.43. The van der Waals surface area contributed by atoms with Crippen molar-refractivity contribution in [2.45, 2.75) is 25.7 Å². The molecular formula is C19H15F4N3O3. The normalized spacial score (nSPS) is 19.3. The number of nitrogens with one attached hydrogen (secondary N) is 2. The predicted octanol–water partition coefficient (Wildman–Crippen LogP) is 3.19. The van der Waals surface area contributed by atoms with Gasteiger partial charge in [-0.05, 0) is 61.4 Å². The number of rotatable bonds is 3. The average molecular weight is 409 g/mol. The highest BCUT2D eigenvalue weighted by atomic mass is 19.4. The second-order valence-corrected chi connectivity index (χ2v) is 6.55. The van der Waals surface area contributed by atoms with Gasteiger partial charge in [-0.25, -0.2) is 14.1 Å². The van der Waals surface area contributed by atoms with Crippen molar-refractivity contribution in [3.8, 4) is 0 Å². The number of carbonyl (C=O) groups is 3. The van der Waals surface area contributed by atoms with E-state index in [1.165, 1.54) is 12.1 Å². The third-order valence-corrected chi connectivity index (χ3v) is 4.60. The van der Waals surface area contributed by atoms with Crippen molar-refractivity contribution in [2.24, 2.45) is 0 Å². The Bertz CT molecular complexity index is 1000. The highest BCUT2D eigenvalue weighted by Gasteiger charge is 2.69. The van der Waals surface area contributed by atoms with E-state index in [1.54, 1.807) is 30.5 Å². The van der Waals surface area contributed by atoms with Crippen LogP contribution in [0.1, 0.15) is 21.5 Å². The standard InChI is InChI=1S/C19H15F4N3O3/c1-10-3-8-14(9-11(10)2)26-16(28)18(19(21,22)23,25-17(26)29)24-15(27)12-4-6-13(20)7-5-12/h3-9H,1-2H3,(H,24,27)(H,25,29)/t18-/m1/s1. The molecule has 0 spiro atoms. The number of imide groups is 1. The zero-order chi connectivity index (χ0) is 21.6. The van der Waals surface area contributed by atoms with E-state index in [4.69, 9.17) is 0 Å². The van der Waals surface area contributed by atoms with Crippen LogP contribution in [-0.2, 0) is 4.79 Å².